The maximum absolute atomic E-state index is 11.2. The van der Waals surface area contributed by atoms with E-state index >= 15 is 0 Å². The van der Waals surface area contributed by atoms with Crippen molar-refractivity contribution in [2.24, 2.45) is 0 Å². The molecule has 0 fully saturated rings. The van der Waals surface area contributed by atoms with Gasteiger partial charge in [-0.1, -0.05) is 90.4 Å². The first-order chi connectivity index (χ1) is 29.4. The Balaban J connectivity index is -0.00000641. The summed E-state index contributed by atoms with van der Waals surface area (Å²) in [5.74, 6) is -5.83. The van der Waals surface area contributed by atoms with Crippen LogP contribution < -0.4 is 88.7 Å². The molecular formula is C40H80NNa3O21Si+4. The van der Waals surface area contributed by atoms with Gasteiger partial charge in [-0.15, -0.1) is 0 Å². The van der Waals surface area contributed by atoms with E-state index in [4.69, 9.17) is 28.6 Å². The summed E-state index contributed by atoms with van der Waals surface area (Å²) in [4.78, 5) is 33.5. The van der Waals surface area contributed by atoms with E-state index in [1.165, 1.54) is 70.6 Å². The van der Waals surface area contributed by atoms with Crippen molar-refractivity contribution in [3.8, 4) is 0 Å². The number of hydrogen-bond acceptors (Lipinski definition) is 18. The van der Waals surface area contributed by atoms with Gasteiger partial charge < -0.3 is 94.4 Å². The fourth-order valence-corrected chi connectivity index (χ4v) is 9.25. The fourth-order valence-electron chi connectivity index (χ4n) is 6.70. The molecule has 0 amide bonds. The number of rotatable bonds is 41. The number of aliphatic hydroxyl groups is 12. The van der Waals surface area contributed by atoms with Crippen molar-refractivity contribution >= 4 is 26.7 Å². The number of carbonyl (C=O) groups is 3. The Kier molecular flexibility index (Phi) is 45.1. The van der Waals surface area contributed by atoms with Gasteiger partial charge in [0.2, 0.25) is 0 Å². The van der Waals surface area contributed by atoms with Crippen molar-refractivity contribution in [1.29, 1.82) is 0 Å². The Hall–Kier alpha value is 0.987. The zero-order valence-corrected chi connectivity index (χ0v) is 47.1. The molecule has 0 radical (unpaired) electrons. The van der Waals surface area contributed by atoms with Crippen LogP contribution in [0.25, 0.3) is 0 Å². The minimum atomic E-state index is -4.65. The second-order valence-corrected chi connectivity index (χ2v) is 19.8. The van der Waals surface area contributed by atoms with Gasteiger partial charge >= 0.3 is 115 Å². The molecule has 0 spiro atoms. The number of unbranched alkanes of at least 4 members (excludes halogenated alkanes) is 14. The van der Waals surface area contributed by atoms with E-state index in [9.17, 15) is 75.7 Å². The standard InChI is InChI=1S/C40H79NO21Si.3Na/c1-4-5-6-7-8-9-10-11-12-13-14-15-16-17-18-20-41(2,3)21-19-22-63(60-23-26(42)29(45)32(48)35(51)38(54)55,61-24-27(43)30(46)33(49)36(52)39(56)57)62-25-28(44)31(47)34(50)37(53)40(58)59;;;/h26-37,42-53H,4-25H2,1-3H3,(H2-,54,55,56,57,58,59);;;/q;3*+1/p+1/t26-,27-,28-,29-,30-,31-,32+,33+,34+,35-,36-,37-;;;/m1.../s1. The molecule has 374 valence electrons. The molecule has 0 unspecified atom stereocenters. The van der Waals surface area contributed by atoms with Gasteiger partial charge in [-0.25, -0.2) is 14.4 Å². The average Bonchev–Trinajstić information content (AvgIpc) is 3.24. The molecule has 26 heteroatoms. The molecule has 0 rings (SSSR count). The quantitative estimate of drug-likeness (QED) is 0.0154. The second kappa shape index (κ2) is 40.5. The molecule has 15 N–H and O–H groups in total. The molecule has 0 saturated heterocycles. The van der Waals surface area contributed by atoms with E-state index in [-0.39, 0.29) is 101 Å². The van der Waals surface area contributed by atoms with Crippen LogP contribution >= 0.6 is 0 Å². The number of hydrogen-bond donors (Lipinski definition) is 15. The summed E-state index contributed by atoms with van der Waals surface area (Å²) in [6, 6.07) is -0.289. The second-order valence-electron chi connectivity index (χ2n) is 17.0. The summed E-state index contributed by atoms with van der Waals surface area (Å²) in [7, 11) is -0.773. The van der Waals surface area contributed by atoms with Gasteiger partial charge in [0.1, 0.15) is 54.9 Å². The smallest absolute Gasteiger partial charge is 0.479 e. The zero-order chi connectivity index (χ0) is 48.3. The van der Waals surface area contributed by atoms with Crippen LogP contribution in [0.3, 0.4) is 0 Å². The topological polar surface area (TPSA) is 382 Å². The van der Waals surface area contributed by atoms with E-state index < -0.39 is 120 Å². The first-order valence-corrected chi connectivity index (χ1v) is 24.0. The third-order valence-electron chi connectivity index (χ3n) is 11.0. The van der Waals surface area contributed by atoms with E-state index in [1.54, 1.807) is 0 Å². The van der Waals surface area contributed by atoms with Crippen LogP contribution in [0, 0.1) is 0 Å². The summed E-state index contributed by atoms with van der Waals surface area (Å²) >= 11 is 0. The molecule has 0 aliphatic heterocycles. The van der Waals surface area contributed by atoms with Gasteiger partial charge in [0.25, 0.3) is 0 Å². The van der Waals surface area contributed by atoms with Gasteiger partial charge in [0.15, 0.2) is 18.3 Å². The van der Waals surface area contributed by atoms with Crippen LogP contribution in [-0.4, -0.2) is 228 Å². The minimum Gasteiger partial charge on any atom is -0.479 e. The molecule has 12 atom stereocenters. The summed E-state index contributed by atoms with van der Waals surface area (Å²) < 4.78 is 17.9. The van der Waals surface area contributed by atoms with Gasteiger partial charge in [0, 0.05) is 12.5 Å². The molecule has 22 nitrogen and oxygen atoms in total. The molecule has 0 saturated carbocycles. The number of carboxylic acids is 3. The minimum absolute atomic E-state index is 0. The Morgan fingerprint density at radius 1 is 0.409 bits per heavy atom. The van der Waals surface area contributed by atoms with E-state index in [2.05, 4.69) is 6.92 Å². The van der Waals surface area contributed by atoms with Crippen LogP contribution in [0.1, 0.15) is 110 Å². The fraction of sp³-hybridized carbons (Fsp3) is 0.925. The monoisotopic (exact) mass is 1010 g/mol. The van der Waals surface area contributed by atoms with Gasteiger partial charge in [-0.05, 0) is 12.8 Å². The maximum Gasteiger partial charge on any atom is 1.00 e. The molecule has 66 heavy (non-hydrogen) atoms. The Labute approximate surface area is 456 Å². The van der Waals surface area contributed by atoms with Crippen molar-refractivity contribution in [2.75, 3.05) is 47.0 Å². The van der Waals surface area contributed by atoms with Gasteiger partial charge in [0.05, 0.1) is 47.0 Å². The van der Waals surface area contributed by atoms with Crippen LogP contribution in [-0.2, 0) is 27.7 Å². The maximum atomic E-state index is 11.2. The molecule has 0 aliphatic rings. The Morgan fingerprint density at radius 3 is 0.909 bits per heavy atom. The first kappa shape index (κ1) is 73.5. The van der Waals surface area contributed by atoms with Crippen molar-refractivity contribution in [1.82, 2.24) is 0 Å². The third kappa shape index (κ3) is 30.8. The first-order valence-electron chi connectivity index (χ1n) is 22.0. The summed E-state index contributed by atoms with van der Waals surface area (Å²) in [6.07, 6.45) is -10.5. The van der Waals surface area contributed by atoms with E-state index in [0.29, 0.717) is 11.0 Å². The van der Waals surface area contributed by atoms with Crippen molar-refractivity contribution in [2.45, 2.75) is 189 Å². The van der Waals surface area contributed by atoms with Crippen molar-refractivity contribution < 1.29 is 197 Å². The number of nitrogens with zero attached hydrogens (tertiary/aromatic N) is 1. The zero-order valence-electron chi connectivity index (χ0n) is 40.1. The predicted octanol–water partition coefficient (Wildman–Crippen LogP) is -11.1. The molecule has 0 heterocycles. The van der Waals surface area contributed by atoms with Gasteiger partial charge in [-0.2, -0.15) is 0 Å². The molecular weight excluding hydrogens is 927 g/mol. The number of aliphatic hydroxyl groups excluding tert-OH is 12. The number of aliphatic carboxylic acids is 3. The largest absolute Gasteiger partial charge is 1.00 e. The SMILES string of the molecule is CCCCCCCCCCCCCCCCC[N+](C)(C)CCC[Si](OC[C@@H](O)[C@@H](O)[C@H](O)[C@@H](O)C(=O)O)(OC[C@@H](O)[C@@H](O)[C@H](O)[C@@H](O)C(=O)O)OC[C@@H](O)[C@@H](O)[C@H](O)[C@@H](O)C(=O)O.[Na+].[Na+].[Na+]. The Morgan fingerprint density at radius 2 is 0.652 bits per heavy atom. The normalized spacial score (nSPS) is 17.5. The average molecular weight is 1010 g/mol. The van der Waals surface area contributed by atoms with Gasteiger partial charge in [-0.3, -0.25) is 0 Å². The van der Waals surface area contributed by atoms with Crippen molar-refractivity contribution in [3.05, 3.63) is 0 Å². The van der Waals surface area contributed by atoms with Crippen LogP contribution in [0.15, 0.2) is 0 Å². The van der Waals surface area contributed by atoms with Crippen molar-refractivity contribution in [3.63, 3.8) is 0 Å². The molecule has 0 aromatic heterocycles. The Bertz CT molecular complexity index is 1150. The molecule has 0 aliphatic carbocycles. The van der Waals surface area contributed by atoms with Crippen LogP contribution in [0.4, 0.5) is 0 Å². The molecule has 0 aromatic carbocycles. The van der Waals surface area contributed by atoms with Crippen LogP contribution in [0.2, 0.25) is 6.04 Å². The molecule has 0 aromatic rings. The summed E-state index contributed by atoms with van der Waals surface area (Å²) in [5.41, 5.74) is 0. The summed E-state index contributed by atoms with van der Waals surface area (Å²) in [6.45, 7) is 0.145. The van der Waals surface area contributed by atoms with Crippen LogP contribution in [0.5, 0.6) is 0 Å². The van der Waals surface area contributed by atoms with E-state index in [0.717, 1.165) is 32.2 Å². The van der Waals surface area contributed by atoms with E-state index in [1.807, 2.05) is 14.1 Å². The summed E-state index contributed by atoms with van der Waals surface area (Å²) in [5, 5.41) is 150. The number of carboxylic acid groups (broad SMARTS) is 3. The predicted molar refractivity (Wildman–Crippen MR) is 225 cm³/mol. The molecule has 0 bridgehead atoms. The number of quaternary nitrogens is 1. The third-order valence-corrected chi connectivity index (χ3v) is 13.8.